The summed E-state index contributed by atoms with van der Waals surface area (Å²) in [5, 5.41) is 15.8. The fourth-order valence-corrected chi connectivity index (χ4v) is 2.22. The predicted octanol–water partition coefficient (Wildman–Crippen LogP) is 3.33. The maximum absolute atomic E-state index is 9.34. The van der Waals surface area contributed by atoms with E-state index < -0.39 is 0 Å². The third-order valence-corrected chi connectivity index (χ3v) is 3.13. The average molecular weight is 238 g/mol. The van der Waals surface area contributed by atoms with Crippen LogP contribution < -0.4 is 5.01 Å². The number of para-hydroxylation sites is 1. The standard InChI is InChI=1S/C15H14N2O/c18-14-8-6-12(7-9-14)15-10-11-16-17(15)13-4-2-1-3-5-13/h1-9,11,15,18H,10H2. The normalized spacial score (nSPS) is 18.2. The van der Waals surface area contributed by atoms with Crippen molar-refractivity contribution < 1.29 is 5.11 Å². The first kappa shape index (κ1) is 10.8. The van der Waals surface area contributed by atoms with Crippen molar-refractivity contribution in [2.45, 2.75) is 12.5 Å². The first-order valence-electron chi connectivity index (χ1n) is 6.00. The number of benzene rings is 2. The molecule has 18 heavy (non-hydrogen) atoms. The maximum Gasteiger partial charge on any atom is 0.115 e. The van der Waals surface area contributed by atoms with Gasteiger partial charge < -0.3 is 5.11 Å². The molecule has 0 radical (unpaired) electrons. The van der Waals surface area contributed by atoms with Gasteiger partial charge >= 0.3 is 0 Å². The maximum atomic E-state index is 9.34. The van der Waals surface area contributed by atoms with Crippen LogP contribution in [0.15, 0.2) is 59.7 Å². The number of hydrogen-bond donors (Lipinski definition) is 1. The molecular weight excluding hydrogens is 224 g/mol. The van der Waals surface area contributed by atoms with Gasteiger partial charge in [0, 0.05) is 12.6 Å². The van der Waals surface area contributed by atoms with Gasteiger partial charge in [0.15, 0.2) is 0 Å². The molecule has 0 saturated heterocycles. The number of hydrogen-bond acceptors (Lipinski definition) is 3. The molecular formula is C15H14N2O. The van der Waals surface area contributed by atoms with Gasteiger partial charge in [-0.3, -0.25) is 5.01 Å². The van der Waals surface area contributed by atoms with Gasteiger partial charge in [-0.15, -0.1) is 0 Å². The SMILES string of the molecule is Oc1ccc(C2CC=NN2c2ccccc2)cc1. The van der Waals surface area contributed by atoms with E-state index in [4.69, 9.17) is 0 Å². The highest BCUT2D eigenvalue weighted by atomic mass is 16.3. The molecule has 1 unspecified atom stereocenters. The third-order valence-electron chi connectivity index (χ3n) is 3.13. The molecule has 0 saturated carbocycles. The summed E-state index contributed by atoms with van der Waals surface area (Å²) >= 11 is 0. The summed E-state index contributed by atoms with van der Waals surface area (Å²) in [7, 11) is 0. The van der Waals surface area contributed by atoms with Crippen LogP contribution in [0.1, 0.15) is 18.0 Å². The van der Waals surface area contributed by atoms with Crippen molar-refractivity contribution in [3.63, 3.8) is 0 Å². The number of phenols is 1. The second kappa shape index (κ2) is 4.53. The van der Waals surface area contributed by atoms with Crippen molar-refractivity contribution in [1.82, 2.24) is 0 Å². The van der Waals surface area contributed by atoms with Crippen molar-refractivity contribution >= 4 is 11.9 Å². The molecule has 3 heteroatoms. The minimum Gasteiger partial charge on any atom is -0.508 e. The Balaban J connectivity index is 1.91. The van der Waals surface area contributed by atoms with E-state index in [-0.39, 0.29) is 6.04 Å². The number of phenolic OH excluding ortho intramolecular Hbond substituents is 1. The molecule has 0 fully saturated rings. The van der Waals surface area contributed by atoms with E-state index in [1.807, 2.05) is 41.6 Å². The molecule has 90 valence electrons. The fraction of sp³-hybridized carbons (Fsp3) is 0.133. The van der Waals surface area contributed by atoms with Crippen LogP contribution in [0.2, 0.25) is 0 Å². The Kier molecular flexibility index (Phi) is 2.73. The fourth-order valence-electron chi connectivity index (χ4n) is 2.22. The molecule has 0 amide bonds. The quantitative estimate of drug-likeness (QED) is 0.871. The van der Waals surface area contributed by atoms with E-state index in [1.54, 1.807) is 12.1 Å². The molecule has 2 aromatic rings. The lowest BCUT2D eigenvalue weighted by atomic mass is 10.0. The second-order valence-corrected chi connectivity index (χ2v) is 4.32. The molecule has 1 heterocycles. The van der Waals surface area contributed by atoms with Crippen LogP contribution in [0.4, 0.5) is 5.69 Å². The number of hydrazone groups is 1. The predicted molar refractivity (Wildman–Crippen MR) is 72.9 cm³/mol. The van der Waals surface area contributed by atoms with E-state index in [2.05, 4.69) is 17.2 Å². The molecule has 1 aliphatic rings. The van der Waals surface area contributed by atoms with Crippen LogP contribution in [-0.2, 0) is 0 Å². The number of nitrogens with zero attached hydrogens (tertiary/aromatic N) is 2. The molecule has 3 nitrogen and oxygen atoms in total. The molecule has 0 aliphatic carbocycles. The number of rotatable bonds is 2. The zero-order chi connectivity index (χ0) is 12.4. The van der Waals surface area contributed by atoms with Crippen LogP contribution in [0.3, 0.4) is 0 Å². The molecule has 2 aromatic carbocycles. The molecule has 1 aliphatic heterocycles. The topological polar surface area (TPSA) is 35.8 Å². The zero-order valence-electron chi connectivity index (χ0n) is 9.90. The minimum absolute atomic E-state index is 0.216. The highest BCUT2D eigenvalue weighted by Gasteiger charge is 2.23. The Hall–Kier alpha value is -2.29. The number of anilines is 1. The van der Waals surface area contributed by atoms with E-state index in [0.717, 1.165) is 17.7 Å². The summed E-state index contributed by atoms with van der Waals surface area (Å²) in [5.41, 5.74) is 2.25. The van der Waals surface area contributed by atoms with E-state index in [9.17, 15) is 5.11 Å². The van der Waals surface area contributed by atoms with Gasteiger partial charge in [-0.25, -0.2) is 0 Å². The largest absolute Gasteiger partial charge is 0.508 e. The Morgan fingerprint density at radius 2 is 1.72 bits per heavy atom. The molecule has 1 atom stereocenters. The number of aromatic hydroxyl groups is 1. The van der Waals surface area contributed by atoms with Gasteiger partial charge in [-0.2, -0.15) is 5.10 Å². The molecule has 0 bridgehead atoms. The van der Waals surface area contributed by atoms with E-state index in [0.29, 0.717) is 5.75 Å². The summed E-state index contributed by atoms with van der Waals surface area (Å²) in [4.78, 5) is 0. The lowest BCUT2D eigenvalue weighted by Gasteiger charge is -2.24. The van der Waals surface area contributed by atoms with Gasteiger partial charge in [0.05, 0.1) is 11.7 Å². The Bertz CT molecular complexity index is 548. The van der Waals surface area contributed by atoms with Crippen molar-refractivity contribution in [2.75, 3.05) is 5.01 Å². The minimum atomic E-state index is 0.216. The van der Waals surface area contributed by atoms with Crippen molar-refractivity contribution in [1.29, 1.82) is 0 Å². The van der Waals surface area contributed by atoms with Gasteiger partial charge in [0.25, 0.3) is 0 Å². The second-order valence-electron chi connectivity index (χ2n) is 4.32. The first-order chi connectivity index (χ1) is 8.84. The van der Waals surface area contributed by atoms with Gasteiger partial charge in [0.1, 0.15) is 5.75 Å². The van der Waals surface area contributed by atoms with Gasteiger partial charge in [0.2, 0.25) is 0 Å². The highest BCUT2D eigenvalue weighted by Crippen LogP contribution is 2.33. The smallest absolute Gasteiger partial charge is 0.115 e. The van der Waals surface area contributed by atoms with E-state index in [1.165, 1.54) is 0 Å². The average Bonchev–Trinajstić information content (AvgIpc) is 2.90. The first-order valence-corrected chi connectivity index (χ1v) is 6.00. The van der Waals surface area contributed by atoms with E-state index >= 15 is 0 Å². The molecule has 3 rings (SSSR count). The summed E-state index contributed by atoms with van der Waals surface area (Å²) < 4.78 is 0. The highest BCUT2D eigenvalue weighted by molar-refractivity contribution is 5.67. The van der Waals surface area contributed by atoms with Crippen LogP contribution in [-0.4, -0.2) is 11.3 Å². The third kappa shape index (κ3) is 1.95. The Labute approximate surface area is 106 Å². The van der Waals surface area contributed by atoms with Crippen molar-refractivity contribution in [2.24, 2.45) is 5.10 Å². The van der Waals surface area contributed by atoms with Gasteiger partial charge in [-0.1, -0.05) is 30.3 Å². The van der Waals surface area contributed by atoms with Crippen LogP contribution in [0.5, 0.6) is 5.75 Å². The van der Waals surface area contributed by atoms with Crippen LogP contribution >= 0.6 is 0 Å². The summed E-state index contributed by atoms with van der Waals surface area (Å²) in [6, 6.07) is 17.7. The molecule has 1 N–H and O–H groups in total. The monoisotopic (exact) mass is 238 g/mol. The lowest BCUT2D eigenvalue weighted by Crippen LogP contribution is -2.18. The van der Waals surface area contributed by atoms with Crippen LogP contribution in [0, 0.1) is 0 Å². The van der Waals surface area contributed by atoms with Crippen molar-refractivity contribution in [3.05, 3.63) is 60.2 Å². The Morgan fingerprint density at radius 3 is 2.44 bits per heavy atom. The molecule has 0 spiro atoms. The van der Waals surface area contributed by atoms with Crippen LogP contribution in [0.25, 0.3) is 0 Å². The summed E-state index contributed by atoms with van der Waals surface area (Å²) in [5.74, 6) is 0.295. The summed E-state index contributed by atoms with van der Waals surface area (Å²) in [6.45, 7) is 0. The molecule has 0 aromatic heterocycles. The van der Waals surface area contributed by atoms with Gasteiger partial charge in [-0.05, 0) is 29.8 Å². The summed E-state index contributed by atoms with van der Waals surface area (Å²) in [6.07, 6.45) is 2.82. The lowest BCUT2D eigenvalue weighted by molar-refractivity contribution is 0.475. The zero-order valence-corrected chi connectivity index (χ0v) is 9.90. The van der Waals surface area contributed by atoms with Crippen molar-refractivity contribution in [3.8, 4) is 5.75 Å². The Morgan fingerprint density at radius 1 is 1.00 bits per heavy atom.